The summed E-state index contributed by atoms with van der Waals surface area (Å²) in [5.41, 5.74) is 0.709. The molecule has 1 aromatic heterocycles. The second-order valence-electron chi connectivity index (χ2n) is 4.07. The minimum atomic E-state index is -2.92. The predicted molar refractivity (Wildman–Crippen MR) is 68.0 cm³/mol. The van der Waals surface area contributed by atoms with Gasteiger partial charge in [0.1, 0.15) is 9.84 Å². The van der Waals surface area contributed by atoms with Crippen LogP contribution in [0, 0.1) is 6.92 Å². The van der Waals surface area contributed by atoms with Crippen molar-refractivity contribution in [3.05, 3.63) is 34.2 Å². The van der Waals surface area contributed by atoms with Crippen LogP contribution in [0.5, 0.6) is 0 Å². The van der Waals surface area contributed by atoms with Gasteiger partial charge in [-0.3, -0.25) is 4.79 Å². The molecule has 0 aliphatic carbocycles. The molecule has 0 atom stereocenters. The van der Waals surface area contributed by atoms with E-state index in [0.717, 1.165) is 0 Å². The predicted octanol–water partition coefficient (Wildman–Crippen LogP) is -0.209. The molecule has 1 heterocycles. The second-order valence-corrected chi connectivity index (χ2v) is 6.33. The third-order valence-corrected chi connectivity index (χ3v) is 3.34. The van der Waals surface area contributed by atoms with Gasteiger partial charge in [0.05, 0.1) is 5.75 Å². The Morgan fingerprint density at radius 3 is 2.71 bits per heavy atom. The molecule has 0 aliphatic heterocycles. The van der Waals surface area contributed by atoms with E-state index in [4.69, 9.17) is 0 Å². The van der Waals surface area contributed by atoms with Crippen molar-refractivity contribution >= 4 is 9.84 Å². The van der Waals surface area contributed by atoms with Crippen LogP contribution in [0.15, 0.2) is 23.1 Å². The quantitative estimate of drug-likeness (QED) is 0.717. The van der Waals surface area contributed by atoms with Crippen molar-refractivity contribution in [1.29, 1.82) is 0 Å². The molecule has 0 saturated heterocycles. The van der Waals surface area contributed by atoms with Crippen molar-refractivity contribution in [3.8, 4) is 0 Å². The lowest BCUT2D eigenvalue weighted by Crippen LogP contribution is -2.30. The number of sulfone groups is 1. The van der Waals surface area contributed by atoms with Crippen LogP contribution in [0.1, 0.15) is 5.56 Å². The van der Waals surface area contributed by atoms with E-state index < -0.39 is 9.84 Å². The van der Waals surface area contributed by atoms with Crippen LogP contribution in [0.4, 0.5) is 0 Å². The maximum absolute atomic E-state index is 11.6. The summed E-state index contributed by atoms with van der Waals surface area (Å²) < 4.78 is 23.3. The summed E-state index contributed by atoms with van der Waals surface area (Å²) in [6, 6.07) is 3.60. The van der Waals surface area contributed by atoms with Gasteiger partial charge in [-0.15, -0.1) is 0 Å². The van der Waals surface area contributed by atoms with Gasteiger partial charge in [-0.05, 0) is 13.0 Å². The van der Waals surface area contributed by atoms with Crippen LogP contribution in [0.3, 0.4) is 0 Å². The molecule has 0 aromatic carbocycles. The third-order valence-electron chi connectivity index (χ3n) is 2.39. The lowest BCUT2D eigenvalue weighted by atomic mass is 10.3. The summed E-state index contributed by atoms with van der Waals surface area (Å²) >= 11 is 0. The molecule has 5 nitrogen and oxygen atoms in total. The maximum Gasteiger partial charge on any atom is 0.253 e. The largest absolute Gasteiger partial charge is 0.314 e. The van der Waals surface area contributed by atoms with Crippen molar-refractivity contribution in [2.24, 2.45) is 0 Å². The van der Waals surface area contributed by atoms with Gasteiger partial charge in [-0.2, -0.15) is 0 Å². The van der Waals surface area contributed by atoms with Crippen molar-refractivity contribution in [3.63, 3.8) is 0 Å². The Balaban J connectivity index is 2.37. The number of hydrogen-bond donors (Lipinski definition) is 1. The molecule has 0 unspecified atom stereocenters. The summed E-state index contributed by atoms with van der Waals surface area (Å²) in [4.78, 5) is 11.6. The van der Waals surface area contributed by atoms with E-state index in [1.807, 2.05) is 6.07 Å². The van der Waals surface area contributed by atoms with Crippen LogP contribution in [0.25, 0.3) is 0 Å². The van der Waals surface area contributed by atoms with Gasteiger partial charge >= 0.3 is 0 Å². The molecule has 0 fully saturated rings. The second kappa shape index (κ2) is 5.97. The van der Waals surface area contributed by atoms with E-state index in [9.17, 15) is 13.2 Å². The summed E-state index contributed by atoms with van der Waals surface area (Å²) in [5, 5.41) is 3.00. The van der Waals surface area contributed by atoms with Gasteiger partial charge in [0.25, 0.3) is 5.56 Å². The Morgan fingerprint density at radius 2 is 2.06 bits per heavy atom. The molecule has 0 saturated carbocycles. The molecule has 1 aromatic rings. The van der Waals surface area contributed by atoms with E-state index in [1.54, 1.807) is 23.8 Å². The molecule has 96 valence electrons. The molecular formula is C11H18N2O3S. The fraction of sp³-hybridized carbons (Fsp3) is 0.545. The van der Waals surface area contributed by atoms with Crippen molar-refractivity contribution in [2.75, 3.05) is 25.1 Å². The average Bonchev–Trinajstić information content (AvgIpc) is 2.22. The topological polar surface area (TPSA) is 68.2 Å². The van der Waals surface area contributed by atoms with Crippen LogP contribution in [-0.2, 0) is 16.4 Å². The molecule has 0 spiro atoms. The molecule has 0 bridgehead atoms. The zero-order valence-corrected chi connectivity index (χ0v) is 11.0. The first kappa shape index (κ1) is 13.9. The summed E-state index contributed by atoms with van der Waals surface area (Å²) in [6.07, 6.45) is 2.94. The Kier molecular flexibility index (Phi) is 4.89. The highest BCUT2D eigenvalue weighted by Crippen LogP contribution is 1.88. The molecule has 17 heavy (non-hydrogen) atoms. The van der Waals surface area contributed by atoms with Crippen molar-refractivity contribution in [1.82, 2.24) is 9.88 Å². The average molecular weight is 258 g/mol. The van der Waals surface area contributed by atoms with Gasteiger partial charge < -0.3 is 9.88 Å². The molecule has 0 radical (unpaired) electrons. The Bertz CT molecular complexity index is 520. The molecular weight excluding hydrogens is 240 g/mol. The summed E-state index contributed by atoms with van der Waals surface area (Å²) in [5.74, 6) is 0.121. The Morgan fingerprint density at radius 1 is 1.35 bits per heavy atom. The van der Waals surface area contributed by atoms with Gasteiger partial charge in [0, 0.05) is 37.7 Å². The molecule has 0 amide bonds. The first-order valence-electron chi connectivity index (χ1n) is 5.44. The minimum absolute atomic E-state index is 0.00240. The monoisotopic (exact) mass is 258 g/mol. The molecule has 6 heteroatoms. The highest BCUT2D eigenvalue weighted by molar-refractivity contribution is 7.90. The summed E-state index contributed by atoms with van der Waals surface area (Å²) in [6.45, 7) is 3.32. The smallest absolute Gasteiger partial charge is 0.253 e. The van der Waals surface area contributed by atoms with Crippen LogP contribution < -0.4 is 10.9 Å². The van der Waals surface area contributed by atoms with Crippen molar-refractivity contribution in [2.45, 2.75) is 13.5 Å². The maximum atomic E-state index is 11.6. The zero-order valence-electron chi connectivity index (χ0n) is 10.1. The van der Waals surface area contributed by atoms with Gasteiger partial charge in [-0.25, -0.2) is 8.42 Å². The third kappa shape index (κ3) is 5.14. The van der Waals surface area contributed by atoms with E-state index in [-0.39, 0.29) is 11.3 Å². The fourth-order valence-electron chi connectivity index (χ4n) is 1.41. The Hall–Kier alpha value is -1.14. The summed E-state index contributed by atoms with van der Waals surface area (Å²) in [7, 11) is -2.92. The number of hydrogen-bond acceptors (Lipinski definition) is 4. The first-order chi connectivity index (χ1) is 7.90. The number of rotatable bonds is 6. The minimum Gasteiger partial charge on any atom is -0.314 e. The lowest BCUT2D eigenvalue weighted by molar-refractivity contribution is 0.580. The van der Waals surface area contributed by atoms with Crippen LogP contribution >= 0.6 is 0 Å². The van der Waals surface area contributed by atoms with Gasteiger partial charge in [0.15, 0.2) is 0 Å². The van der Waals surface area contributed by atoms with Gasteiger partial charge in [-0.1, -0.05) is 6.07 Å². The number of nitrogens with one attached hydrogen (secondary N) is 1. The van der Waals surface area contributed by atoms with E-state index >= 15 is 0 Å². The number of aryl methyl sites for hydroxylation is 1. The van der Waals surface area contributed by atoms with E-state index in [0.29, 0.717) is 25.2 Å². The standard InChI is InChI=1S/C11H18N2O3S/c1-10-4-3-7-13(11(10)14)8-5-12-6-9-17(2,15)16/h3-4,7,12H,5-6,8-9H2,1-2H3. The van der Waals surface area contributed by atoms with Crippen LogP contribution in [0.2, 0.25) is 0 Å². The van der Waals surface area contributed by atoms with Gasteiger partial charge in [0.2, 0.25) is 0 Å². The normalized spacial score (nSPS) is 11.6. The first-order valence-corrected chi connectivity index (χ1v) is 7.51. The number of pyridine rings is 1. The SMILES string of the molecule is Cc1cccn(CCNCCS(C)(=O)=O)c1=O. The zero-order chi connectivity index (χ0) is 12.9. The molecule has 1 rings (SSSR count). The van der Waals surface area contributed by atoms with Crippen LogP contribution in [-0.4, -0.2) is 38.1 Å². The lowest BCUT2D eigenvalue weighted by Gasteiger charge is -2.07. The Labute approximate surface area is 101 Å². The number of aromatic nitrogens is 1. The van der Waals surface area contributed by atoms with Crippen molar-refractivity contribution < 1.29 is 8.42 Å². The molecule has 1 N–H and O–H groups in total. The molecule has 0 aliphatic rings. The fourth-order valence-corrected chi connectivity index (χ4v) is 1.93. The highest BCUT2D eigenvalue weighted by atomic mass is 32.2. The van der Waals surface area contributed by atoms with E-state index in [2.05, 4.69) is 5.32 Å². The number of nitrogens with zero attached hydrogens (tertiary/aromatic N) is 1. The highest BCUT2D eigenvalue weighted by Gasteiger charge is 2.01. The van der Waals surface area contributed by atoms with E-state index in [1.165, 1.54) is 6.26 Å².